The number of hydrogen-bond donors (Lipinski definition) is 1. The van der Waals surface area contributed by atoms with Crippen LogP contribution in [0.25, 0.3) is 22.4 Å². The molecule has 0 unspecified atom stereocenters. The average molecular weight is 434 g/mol. The molecule has 142 valence electrons. The predicted molar refractivity (Wildman–Crippen MR) is 114 cm³/mol. The summed E-state index contributed by atoms with van der Waals surface area (Å²) in [4.78, 5) is 7.97. The van der Waals surface area contributed by atoms with Gasteiger partial charge in [-0.3, -0.25) is 0 Å². The Bertz CT molecular complexity index is 1100. The van der Waals surface area contributed by atoms with Crippen molar-refractivity contribution in [3.05, 3.63) is 75.2 Å². The lowest BCUT2D eigenvalue weighted by atomic mass is 10.1. The molecule has 3 aromatic carbocycles. The number of aromatic nitrogens is 2. The van der Waals surface area contributed by atoms with Gasteiger partial charge in [0, 0.05) is 16.1 Å². The number of aromatic amines is 1. The summed E-state index contributed by atoms with van der Waals surface area (Å²) in [6.07, 6.45) is 0. The van der Waals surface area contributed by atoms with Gasteiger partial charge in [-0.15, -0.1) is 0 Å². The van der Waals surface area contributed by atoms with Crippen LogP contribution in [0.2, 0.25) is 15.1 Å². The Morgan fingerprint density at radius 2 is 1.71 bits per heavy atom. The van der Waals surface area contributed by atoms with Gasteiger partial charge in [0.05, 0.1) is 28.2 Å². The molecule has 0 aliphatic rings. The summed E-state index contributed by atoms with van der Waals surface area (Å²) in [6, 6.07) is 16.9. The molecule has 1 aromatic heterocycles. The van der Waals surface area contributed by atoms with Gasteiger partial charge in [0.2, 0.25) is 0 Å². The topological polar surface area (TPSA) is 47.1 Å². The van der Waals surface area contributed by atoms with E-state index >= 15 is 0 Å². The van der Waals surface area contributed by atoms with Crippen molar-refractivity contribution in [3.8, 4) is 22.9 Å². The van der Waals surface area contributed by atoms with E-state index in [0.29, 0.717) is 26.6 Å². The minimum atomic E-state index is 0.221. The predicted octanol–water partition coefficient (Wildman–Crippen LogP) is 6.78. The van der Waals surface area contributed by atoms with Crippen molar-refractivity contribution in [2.24, 2.45) is 0 Å². The van der Waals surface area contributed by atoms with E-state index in [1.54, 1.807) is 19.2 Å². The summed E-state index contributed by atoms with van der Waals surface area (Å²) in [5.74, 6) is 1.85. The number of nitrogens with one attached hydrogen (secondary N) is 1. The number of nitrogens with zero attached hydrogens (tertiary/aromatic N) is 1. The highest BCUT2D eigenvalue weighted by atomic mass is 35.5. The van der Waals surface area contributed by atoms with Crippen LogP contribution in [0.15, 0.2) is 54.6 Å². The first-order valence-corrected chi connectivity index (χ1v) is 9.58. The molecular formula is C21H15Cl3N2O2. The van der Waals surface area contributed by atoms with Gasteiger partial charge in [0.15, 0.2) is 5.75 Å². The zero-order chi connectivity index (χ0) is 19.7. The Kier molecular flexibility index (Phi) is 5.36. The number of para-hydroxylation sites is 2. The molecule has 4 rings (SSSR count). The van der Waals surface area contributed by atoms with E-state index in [2.05, 4.69) is 9.97 Å². The van der Waals surface area contributed by atoms with Gasteiger partial charge >= 0.3 is 0 Å². The molecule has 0 radical (unpaired) electrons. The molecule has 0 aliphatic carbocycles. The van der Waals surface area contributed by atoms with Crippen molar-refractivity contribution in [2.45, 2.75) is 6.61 Å². The van der Waals surface area contributed by atoms with E-state index in [1.165, 1.54) is 0 Å². The summed E-state index contributed by atoms with van der Waals surface area (Å²) in [5, 5.41) is 1.15. The van der Waals surface area contributed by atoms with Crippen LogP contribution < -0.4 is 9.47 Å². The van der Waals surface area contributed by atoms with E-state index in [4.69, 9.17) is 44.3 Å². The van der Waals surface area contributed by atoms with E-state index in [1.807, 2.05) is 42.5 Å². The Morgan fingerprint density at radius 1 is 0.964 bits per heavy atom. The Hall–Kier alpha value is -2.40. The number of ether oxygens (including phenoxy) is 2. The molecule has 1 N–H and O–H groups in total. The molecule has 0 bridgehead atoms. The molecule has 0 saturated carbocycles. The van der Waals surface area contributed by atoms with Gasteiger partial charge in [0.1, 0.15) is 18.2 Å². The van der Waals surface area contributed by atoms with E-state index in [0.717, 1.165) is 28.0 Å². The van der Waals surface area contributed by atoms with E-state index in [-0.39, 0.29) is 6.61 Å². The highest BCUT2D eigenvalue weighted by Gasteiger charge is 2.13. The third-order valence-electron chi connectivity index (χ3n) is 4.28. The standard InChI is InChI=1S/C21H15Cl3N2O2/c1-27-19-7-6-12(21-25-17-4-2-3-5-18(17)26-21)8-13(19)11-28-20-15(23)9-14(22)10-16(20)24/h2-10H,11H2,1H3,(H,25,26). The average Bonchev–Trinajstić information content (AvgIpc) is 3.11. The van der Waals surface area contributed by atoms with Crippen LogP contribution in [0.5, 0.6) is 11.5 Å². The maximum Gasteiger partial charge on any atom is 0.157 e. The number of rotatable bonds is 5. The van der Waals surface area contributed by atoms with Crippen molar-refractivity contribution in [3.63, 3.8) is 0 Å². The van der Waals surface area contributed by atoms with Crippen LogP contribution in [0.3, 0.4) is 0 Å². The molecule has 0 spiro atoms. The molecule has 28 heavy (non-hydrogen) atoms. The Labute approximate surface area is 177 Å². The van der Waals surface area contributed by atoms with Crippen molar-refractivity contribution in [2.75, 3.05) is 7.11 Å². The van der Waals surface area contributed by atoms with Crippen molar-refractivity contribution >= 4 is 45.8 Å². The molecule has 4 nitrogen and oxygen atoms in total. The van der Waals surface area contributed by atoms with Crippen molar-refractivity contribution < 1.29 is 9.47 Å². The van der Waals surface area contributed by atoms with Gasteiger partial charge in [0.25, 0.3) is 0 Å². The fraction of sp³-hybridized carbons (Fsp3) is 0.0952. The largest absolute Gasteiger partial charge is 0.496 e. The van der Waals surface area contributed by atoms with Crippen molar-refractivity contribution in [1.29, 1.82) is 0 Å². The first-order chi connectivity index (χ1) is 13.5. The van der Waals surface area contributed by atoms with Crippen LogP contribution >= 0.6 is 34.8 Å². The van der Waals surface area contributed by atoms with Crippen LogP contribution in [0.4, 0.5) is 0 Å². The number of H-pyrrole nitrogens is 1. The smallest absolute Gasteiger partial charge is 0.157 e. The lowest BCUT2D eigenvalue weighted by Gasteiger charge is -2.13. The number of methoxy groups -OCH3 is 1. The maximum atomic E-state index is 6.21. The Morgan fingerprint density at radius 3 is 2.43 bits per heavy atom. The number of benzene rings is 3. The summed E-state index contributed by atoms with van der Waals surface area (Å²) in [6.45, 7) is 0.221. The van der Waals surface area contributed by atoms with Gasteiger partial charge in [-0.2, -0.15) is 0 Å². The zero-order valence-electron chi connectivity index (χ0n) is 14.8. The molecule has 0 saturated heterocycles. The summed E-state index contributed by atoms with van der Waals surface area (Å²) in [7, 11) is 1.61. The number of halogens is 3. The van der Waals surface area contributed by atoms with Crippen molar-refractivity contribution in [1.82, 2.24) is 9.97 Å². The van der Waals surface area contributed by atoms with Gasteiger partial charge in [-0.25, -0.2) is 4.98 Å². The fourth-order valence-corrected chi connectivity index (χ4v) is 3.87. The van der Waals surface area contributed by atoms with Crippen LogP contribution in [0.1, 0.15) is 5.56 Å². The second-order valence-corrected chi connectivity index (χ2v) is 7.37. The van der Waals surface area contributed by atoms with Gasteiger partial charge in [-0.05, 0) is 42.5 Å². The molecule has 7 heteroatoms. The number of imidazole rings is 1. The van der Waals surface area contributed by atoms with E-state index in [9.17, 15) is 0 Å². The van der Waals surface area contributed by atoms with Gasteiger partial charge < -0.3 is 14.5 Å². The molecular weight excluding hydrogens is 419 g/mol. The molecule has 4 aromatic rings. The number of fused-ring (bicyclic) bond motifs is 1. The summed E-state index contributed by atoms with van der Waals surface area (Å²) < 4.78 is 11.3. The molecule has 0 aliphatic heterocycles. The van der Waals surface area contributed by atoms with Gasteiger partial charge in [-0.1, -0.05) is 46.9 Å². The highest BCUT2D eigenvalue weighted by Crippen LogP contribution is 2.37. The molecule has 0 atom stereocenters. The van der Waals surface area contributed by atoms with Crippen LogP contribution in [-0.2, 0) is 6.61 Å². The third kappa shape index (κ3) is 3.76. The van der Waals surface area contributed by atoms with E-state index < -0.39 is 0 Å². The maximum absolute atomic E-state index is 6.21. The minimum absolute atomic E-state index is 0.221. The first kappa shape index (κ1) is 18.9. The van der Waals surface area contributed by atoms with Crippen LogP contribution in [-0.4, -0.2) is 17.1 Å². The number of hydrogen-bond acceptors (Lipinski definition) is 3. The fourth-order valence-electron chi connectivity index (χ4n) is 2.94. The monoisotopic (exact) mass is 432 g/mol. The minimum Gasteiger partial charge on any atom is -0.496 e. The second-order valence-electron chi connectivity index (χ2n) is 6.12. The quantitative estimate of drug-likeness (QED) is 0.377. The second kappa shape index (κ2) is 7.92. The molecule has 1 heterocycles. The first-order valence-electron chi connectivity index (χ1n) is 8.44. The normalized spacial score (nSPS) is 11.0. The van der Waals surface area contributed by atoms with Crippen LogP contribution in [0, 0.1) is 0 Å². The Balaban J connectivity index is 1.66. The molecule has 0 amide bonds. The third-order valence-corrected chi connectivity index (χ3v) is 5.06. The zero-order valence-corrected chi connectivity index (χ0v) is 17.1. The lowest BCUT2D eigenvalue weighted by Crippen LogP contribution is -2.00. The molecule has 0 fully saturated rings. The SMILES string of the molecule is COc1ccc(-c2nc3ccccc3[nH]2)cc1COc1c(Cl)cc(Cl)cc1Cl. The summed E-state index contributed by atoms with van der Waals surface area (Å²) in [5.41, 5.74) is 3.64. The lowest BCUT2D eigenvalue weighted by molar-refractivity contribution is 0.297. The highest BCUT2D eigenvalue weighted by molar-refractivity contribution is 6.40. The summed E-state index contributed by atoms with van der Waals surface area (Å²) >= 11 is 18.4.